The van der Waals surface area contributed by atoms with E-state index in [2.05, 4.69) is 14.9 Å². The van der Waals surface area contributed by atoms with Gasteiger partial charge in [0.15, 0.2) is 5.82 Å². The molecule has 4 rings (SSSR count). The van der Waals surface area contributed by atoms with Gasteiger partial charge in [-0.15, -0.1) is 0 Å². The van der Waals surface area contributed by atoms with Crippen molar-refractivity contribution in [1.29, 1.82) is 0 Å². The van der Waals surface area contributed by atoms with Gasteiger partial charge in [-0.05, 0) is 61.9 Å². The maximum Gasteiger partial charge on any atom is 0.261 e. The van der Waals surface area contributed by atoms with Gasteiger partial charge in [-0.2, -0.15) is 4.98 Å². The number of benzene rings is 2. The summed E-state index contributed by atoms with van der Waals surface area (Å²) in [6.45, 7) is 2.38. The van der Waals surface area contributed by atoms with Crippen LogP contribution >= 0.6 is 0 Å². The molecule has 9 heteroatoms. The van der Waals surface area contributed by atoms with Crippen LogP contribution in [0.2, 0.25) is 0 Å². The third kappa shape index (κ3) is 3.61. The van der Waals surface area contributed by atoms with E-state index in [-0.39, 0.29) is 10.8 Å². The fourth-order valence-electron chi connectivity index (χ4n) is 3.04. The summed E-state index contributed by atoms with van der Waals surface area (Å²) in [5.74, 6) is 0.961. The summed E-state index contributed by atoms with van der Waals surface area (Å²) in [4.78, 5) is 17.7. The molecule has 0 aliphatic carbocycles. The molecule has 1 aliphatic heterocycles. The molecule has 1 fully saturated rings. The quantitative estimate of drug-likeness (QED) is 0.708. The van der Waals surface area contributed by atoms with Gasteiger partial charge in [0.25, 0.3) is 15.9 Å². The molecule has 144 valence electrons. The van der Waals surface area contributed by atoms with Crippen LogP contribution in [-0.2, 0) is 14.8 Å². The van der Waals surface area contributed by atoms with Gasteiger partial charge < -0.3 is 9.42 Å². The Bertz CT molecular complexity index is 1110. The Morgan fingerprint density at radius 1 is 1.07 bits per heavy atom. The molecule has 2 aromatic carbocycles. The maximum atomic E-state index is 12.6. The molecule has 28 heavy (non-hydrogen) atoms. The van der Waals surface area contributed by atoms with Crippen molar-refractivity contribution >= 4 is 27.3 Å². The summed E-state index contributed by atoms with van der Waals surface area (Å²) in [6.07, 6.45) is 1.35. The molecular weight excluding hydrogens is 380 g/mol. The van der Waals surface area contributed by atoms with E-state index < -0.39 is 10.0 Å². The van der Waals surface area contributed by atoms with E-state index in [0.29, 0.717) is 41.6 Å². The first-order valence-electron chi connectivity index (χ1n) is 8.76. The molecule has 0 spiro atoms. The minimum Gasteiger partial charge on any atom is -0.334 e. The molecule has 1 saturated heterocycles. The number of hydrogen-bond donors (Lipinski definition) is 1. The summed E-state index contributed by atoms with van der Waals surface area (Å²) in [5.41, 5.74) is 1.82. The Labute approximate surface area is 162 Å². The Morgan fingerprint density at radius 3 is 2.36 bits per heavy atom. The largest absolute Gasteiger partial charge is 0.334 e. The van der Waals surface area contributed by atoms with E-state index in [4.69, 9.17) is 4.52 Å². The van der Waals surface area contributed by atoms with Gasteiger partial charge in [0.2, 0.25) is 5.91 Å². The first-order chi connectivity index (χ1) is 13.4. The maximum absolute atomic E-state index is 12.6. The van der Waals surface area contributed by atoms with Crippen LogP contribution in [0.4, 0.5) is 11.4 Å². The lowest BCUT2D eigenvalue weighted by molar-refractivity contribution is -0.117. The molecule has 0 atom stereocenters. The van der Waals surface area contributed by atoms with Crippen LogP contribution in [0.15, 0.2) is 57.9 Å². The van der Waals surface area contributed by atoms with Crippen molar-refractivity contribution in [1.82, 2.24) is 10.1 Å². The lowest BCUT2D eigenvalue weighted by atomic mass is 10.2. The zero-order valence-corrected chi connectivity index (χ0v) is 15.9. The number of carbonyl (C=O) groups is 1. The molecular formula is C19H18N4O4S. The molecule has 1 amide bonds. The molecule has 0 bridgehead atoms. The monoisotopic (exact) mass is 398 g/mol. The molecule has 8 nitrogen and oxygen atoms in total. The van der Waals surface area contributed by atoms with Gasteiger partial charge in [0, 0.05) is 29.9 Å². The topological polar surface area (TPSA) is 105 Å². The van der Waals surface area contributed by atoms with Gasteiger partial charge in [0.1, 0.15) is 0 Å². The third-order valence-electron chi connectivity index (χ3n) is 4.44. The lowest BCUT2D eigenvalue weighted by Gasteiger charge is -2.16. The number of aromatic nitrogens is 2. The van der Waals surface area contributed by atoms with E-state index in [0.717, 1.165) is 6.42 Å². The van der Waals surface area contributed by atoms with Crippen LogP contribution in [0.25, 0.3) is 11.5 Å². The van der Waals surface area contributed by atoms with E-state index in [1.807, 2.05) is 0 Å². The third-order valence-corrected chi connectivity index (χ3v) is 5.84. The van der Waals surface area contributed by atoms with Crippen molar-refractivity contribution in [2.24, 2.45) is 0 Å². The first-order valence-corrected chi connectivity index (χ1v) is 10.2. The van der Waals surface area contributed by atoms with Crippen molar-refractivity contribution in [3.05, 3.63) is 54.4 Å². The highest BCUT2D eigenvalue weighted by atomic mass is 32.2. The standard InChI is InChI=1S/C19H18N4O4S/c1-13-20-19(27-21-13)14-4-6-15(7-5-14)22-28(25,26)17-10-8-16(9-11-17)23-12-2-3-18(23)24/h4-11,22H,2-3,12H2,1H3. The summed E-state index contributed by atoms with van der Waals surface area (Å²) < 4.78 is 32.9. The lowest BCUT2D eigenvalue weighted by Crippen LogP contribution is -2.23. The van der Waals surface area contributed by atoms with Crippen LogP contribution < -0.4 is 9.62 Å². The first kappa shape index (κ1) is 18.2. The Kier molecular flexibility index (Phi) is 4.60. The molecule has 1 aliphatic rings. The molecule has 2 heterocycles. The zero-order valence-electron chi connectivity index (χ0n) is 15.1. The second-order valence-electron chi connectivity index (χ2n) is 6.47. The smallest absolute Gasteiger partial charge is 0.261 e. The fourth-order valence-corrected chi connectivity index (χ4v) is 4.09. The number of nitrogens with zero attached hydrogens (tertiary/aromatic N) is 3. The van der Waals surface area contributed by atoms with Crippen molar-refractivity contribution in [2.45, 2.75) is 24.7 Å². The summed E-state index contributed by atoms with van der Waals surface area (Å²) in [7, 11) is -3.75. The van der Waals surface area contributed by atoms with Crippen LogP contribution in [0.3, 0.4) is 0 Å². The molecule has 3 aromatic rings. The number of hydrogen-bond acceptors (Lipinski definition) is 6. The normalized spacial score (nSPS) is 14.5. The van der Waals surface area contributed by atoms with Gasteiger partial charge in [0.05, 0.1) is 4.90 Å². The SMILES string of the molecule is Cc1noc(-c2ccc(NS(=O)(=O)c3ccc(N4CCCC4=O)cc3)cc2)n1. The van der Waals surface area contributed by atoms with Crippen LogP contribution in [-0.4, -0.2) is 31.0 Å². The van der Waals surface area contributed by atoms with Crippen molar-refractivity contribution in [3.8, 4) is 11.5 Å². The average molecular weight is 398 g/mol. The number of carbonyl (C=O) groups excluding carboxylic acids is 1. The fraction of sp³-hybridized carbons (Fsp3) is 0.211. The van der Waals surface area contributed by atoms with Crippen molar-refractivity contribution < 1.29 is 17.7 Å². The zero-order chi connectivity index (χ0) is 19.7. The van der Waals surface area contributed by atoms with Gasteiger partial charge in [-0.25, -0.2) is 8.42 Å². The molecule has 1 aromatic heterocycles. The molecule has 0 radical (unpaired) electrons. The second-order valence-corrected chi connectivity index (χ2v) is 8.15. The number of aryl methyl sites for hydroxylation is 1. The van der Waals surface area contributed by atoms with Crippen LogP contribution in [0.1, 0.15) is 18.7 Å². The molecule has 0 saturated carbocycles. The predicted octanol–water partition coefficient (Wildman–Crippen LogP) is 2.97. The number of anilines is 2. The Hall–Kier alpha value is -3.20. The van der Waals surface area contributed by atoms with Gasteiger partial charge in [-0.1, -0.05) is 5.16 Å². The highest BCUT2D eigenvalue weighted by molar-refractivity contribution is 7.92. The van der Waals surface area contributed by atoms with Gasteiger partial charge >= 0.3 is 0 Å². The number of rotatable bonds is 5. The number of amides is 1. The minimum atomic E-state index is -3.75. The highest BCUT2D eigenvalue weighted by Crippen LogP contribution is 2.25. The van der Waals surface area contributed by atoms with E-state index in [1.165, 1.54) is 12.1 Å². The van der Waals surface area contributed by atoms with E-state index in [9.17, 15) is 13.2 Å². The van der Waals surface area contributed by atoms with Crippen LogP contribution in [0.5, 0.6) is 0 Å². The second kappa shape index (κ2) is 7.08. The summed E-state index contributed by atoms with van der Waals surface area (Å²) in [6, 6.07) is 13.0. The number of sulfonamides is 1. The Balaban J connectivity index is 1.50. The van der Waals surface area contributed by atoms with Gasteiger partial charge in [-0.3, -0.25) is 9.52 Å². The summed E-state index contributed by atoms with van der Waals surface area (Å²) >= 11 is 0. The minimum absolute atomic E-state index is 0.0604. The van der Waals surface area contributed by atoms with Crippen molar-refractivity contribution in [3.63, 3.8) is 0 Å². The number of nitrogens with one attached hydrogen (secondary N) is 1. The van der Waals surface area contributed by atoms with Crippen LogP contribution in [0, 0.1) is 6.92 Å². The van der Waals surface area contributed by atoms with E-state index in [1.54, 1.807) is 48.2 Å². The van der Waals surface area contributed by atoms with Crippen molar-refractivity contribution in [2.75, 3.05) is 16.2 Å². The molecule has 0 unspecified atom stereocenters. The predicted molar refractivity (Wildman–Crippen MR) is 103 cm³/mol. The van der Waals surface area contributed by atoms with E-state index >= 15 is 0 Å². The summed E-state index contributed by atoms with van der Waals surface area (Å²) in [5, 5.41) is 3.73. The highest BCUT2D eigenvalue weighted by Gasteiger charge is 2.22. The average Bonchev–Trinajstić information content (AvgIpc) is 3.30. The molecule has 1 N–H and O–H groups in total. The Morgan fingerprint density at radius 2 is 1.79 bits per heavy atom.